The second kappa shape index (κ2) is 6.07. The van der Waals surface area contributed by atoms with Crippen molar-refractivity contribution in [3.05, 3.63) is 35.1 Å². The Kier molecular flexibility index (Phi) is 4.44. The summed E-state index contributed by atoms with van der Waals surface area (Å²) in [5, 5.41) is 3.20. The number of morpholine rings is 1. The monoisotopic (exact) mass is 251 g/mol. The highest BCUT2D eigenvalue weighted by atomic mass is 19.1. The van der Waals surface area contributed by atoms with Crippen LogP contribution in [0, 0.1) is 12.7 Å². The number of halogens is 1. The van der Waals surface area contributed by atoms with Gasteiger partial charge in [-0.25, -0.2) is 4.39 Å². The van der Waals surface area contributed by atoms with Gasteiger partial charge in [0.2, 0.25) is 0 Å². The third-order valence-corrected chi connectivity index (χ3v) is 3.15. The number of benzene rings is 1. The molecule has 98 valence electrons. The van der Waals surface area contributed by atoms with Crippen LogP contribution >= 0.6 is 0 Å². The van der Waals surface area contributed by atoms with Crippen LogP contribution < -0.4 is 5.32 Å². The van der Waals surface area contributed by atoms with Gasteiger partial charge in [-0.15, -0.1) is 0 Å². The zero-order chi connectivity index (χ0) is 13.0. The van der Waals surface area contributed by atoms with Crippen molar-refractivity contribution >= 4 is 5.78 Å². The van der Waals surface area contributed by atoms with Crippen molar-refractivity contribution < 1.29 is 13.9 Å². The average Bonchev–Trinajstić information content (AvgIpc) is 2.34. The van der Waals surface area contributed by atoms with Gasteiger partial charge in [-0.2, -0.15) is 0 Å². The number of carbonyl (C=O) groups is 1. The lowest BCUT2D eigenvalue weighted by Gasteiger charge is -2.23. The first-order valence-electron chi connectivity index (χ1n) is 6.24. The van der Waals surface area contributed by atoms with Crippen molar-refractivity contribution in [3.63, 3.8) is 0 Å². The van der Waals surface area contributed by atoms with E-state index in [1.807, 2.05) is 6.92 Å². The lowest BCUT2D eigenvalue weighted by atomic mass is 10.00. The summed E-state index contributed by atoms with van der Waals surface area (Å²) in [7, 11) is 0. The fourth-order valence-electron chi connectivity index (χ4n) is 2.15. The van der Waals surface area contributed by atoms with Crippen molar-refractivity contribution in [2.75, 3.05) is 19.7 Å². The standard InChI is InChI=1S/C14H18FNO2/c1-10-6-12(15)3-2-11(10)7-13(17)8-14-9-16-4-5-18-14/h2-3,6,14,16H,4-5,7-9H2,1H3. The number of ether oxygens (including phenoxy) is 1. The molecule has 1 aromatic rings. The van der Waals surface area contributed by atoms with Crippen LogP contribution in [0.25, 0.3) is 0 Å². The number of ketones is 1. The molecule has 1 unspecified atom stereocenters. The molecule has 0 aromatic heterocycles. The molecule has 2 rings (SSSR count). The molecule has 1 N–H and O–H groups in total. The van der Waals surface area contributed by atoms with E-state index < -0.39 is 0 Å². The van der Waals surface area contributed by atoms with E-state index in [1.165, 1.54) is 12.1 Å². The zero-order valence-corrected chi connectivity index (χ0v) is 10.5. The van der Waals surface area contributed by atoms with Gasteiger partial charge < -0.3 is 10.1 Å². The van der Waals surface area contributed by atoms with Gasteiger partial charge in [-0.3, -0.25) is 4.79 Å². The number of aryl methyl sites for hydroxylation is 1. The van der Waals surface area contributed by atoms with E-state index in [4.69, 9.17) is 4.74 Å². The maximum absolute atomic E-state index is 12.9. The first kappa shape index (κ1) is 13.2. The Morgan fingerprint density at radius 1 is 1.56 bits per heavy atom. The Hall–Kier alpha value is -1.26. The van der Waals surface area contributed by atoms with E-state index in [0.717, 1.165) is 24.2 Å². The molecule has 0 spiro atoms. The number of hydrogen-bond donors (Lipinski definition) is 1. The fraction of sp³-hybridized carbons (Fsp3) is 0.500. The molecule has 1 aliphatic heterocycles. The van der Waals surface area contributed by atoms with Crippen molar-refractivity contribution in [2.45, 2.75) is 25.9 Å². The maximum Gasteiger partial charge on any atom is 0.139 e. The highest BCUT2D eigenvalue weighted by Crippen LogP contribution is 2.13. The molecule has 0 radical (unpaired) electrons. The highest BCUT2D eigenvalue weighted by Gasteiger charge is 2.17. The van der Waals surface area contributed by atoms with E-state index in [2.05, 4.69) is 5.32 Å². The number of rotatable bonds is 4. The lowest BCUT2D eigenvalue weighted by Crippen LogP contribution is -2.39. The maximum atomic E-state index is 12.9. The fourth-order valence-corrected chi connectivity index (χ4v) is 2.15. The molecule has 1 saturated heterocycles. The largest absolute Gasteiger partial charge is 0.375 e. The number of hydrogen-bond acceptors (Lipinski definition) is 3. The minimum Gasteiger partial charge on any atom is -0.375 e. The Labute approximate surface area is 106 Å². The van der Waals surface area contributed by atoms with E-state index in [-0.39, 0.29) is 17.7 Å². The molecular weight excluding hydrogens is 233 g/mol. The molecule has 1 heterocycles. The number of Topliss-reactive ketones (excluding diaryl/α,β-unsaturated/α-hetero) is 1. The summed E-state index contributed by atoms with van der Waals surface area (Å²) in [5.41, 5.74) is 1.72. The van der Waals surface area contributed by atoms with Crippen LogP contribution in [0.2, 0.25) is 0 Å². The Morgan fingerprint density at radius 2 is 2.39 bits per heavy atom. The third-order valence-electron chi connectivity index (χ3n) is 3.15. The second-order valence-corrected chi connectivity index (χ2v) is 4.69. The molecule has 0 aliphatic carbocycles. The van der Waals surface area contributed by atoms with Crippen LogP contribution in [-0.2, 0) is 16.0 Å². The van der Waals surface area contributed by atoms with Crippen LogP contribution in [0.15, 0.2) is 18.2 Å². The average molecular weight is 251 g/mol. The van der Waals surface area contributed by atoms with Crippen LogP contribution in [0.1, 0.15) is 17.5 Å². The molecular formula is C14H18FNO2. The van der Waals surface area contributed by atoms with E-state index in [1.54, 1.807) is 6.07 Å². The third kappa shape index (κ3) is 3.62. The van der Waals surface area contributed by atoms with Gasteiger partial charge in [0.1, 0.15) is 11.6 Å². The molecule has 1 aromatic carbocycles. The van der Waals surface area contributed by atoms with Gasteiger partial charge in [-0.05, 0) is 30.2 Å². The molecule has 1 fully saturated rings. The Bertz CT molecular complexity index is 428. The molecule has 0 saturated carbocycles. The van der Waals surface area contributed by atoms with Gasteiger partial charge in [0.25, 0.3) is 0 Å². The molecule has 1 atom stereocenters. The van der Waals surface area contributed by atoms with Gasteiger partial charge in [0.15, 0.2) is 0 Å². The predicted octanol–water partition coefficient (Wildman–Crippen LogP) is 1.62. The molecule has 0 bridgehead atoms. The minimum atomic E-state index is -0.261. The molecule has 4 heteroatoms. The van der Waals surface area contributed by atoms with Gasteiger partial charge in [0, 0.05) is 25.9 Å². The van der Waals surface area contributed by atoms with Crippen molar-refractivity contribution in [1.82, 2.24) is 5.32 Å². The first-order chi connectivity index (χ1) is 8.65. The summed E-state index contributed by atoms with van der Waals surface area (Å²) < 4.78 is 18.4. The highest BCUT2D eigenvalue weighted by molar-refractivity contribution is 5.81. The Balaban J connectivity index is 1.90. The molecule has 0 amide bonds. The molecule has 1 aliphatic rings. The van der Waals surface area contributed by atoms with Crippen molar-refractivity contribution in [2.24, 2.45) is 0 Å². The van der Waals surface area contributed by atoms with Crippen LogP contribution in [-0.4, -0.2) is 31.6 Å². The minimum absolute atomic E-state index is 0.0213. The molecule has 18 heavy (non-hydrogen) atoms. The summed E-state index contributed by atoms with van der Waals surface area (Å²) in [6, 6.07) is 4.54. The van der Waals surface area contributed by atoms with Gasteiger partial charge in [0.05, 0.1) is 12.7 Å². The summed E-state index contributed by atoms with van der Waals surface area (Å²) in [4.78, 5) is 11.9. The van der Waals surface area contributed by atoms with Crippen molar-refractivity contribution in [3.8, 4) is 0 Å². The zero-order valence-electron chi connectivity index (χ0n) is 10.5. The van der Waals surface area contributed by atoms with E-state index in [0.29, 0.717) is 19.4 Å². The summed E-state index contributed by atoms with van der Waals surface area (Å²) in [6.07, 6.45) is 0.752. The molecule has 3 nitrogen and oxygen atoms in total. The lowest BCUT2D eigenvalue weighted by molar-refractivity contribution is -0.121. The summed E-state index contributed by atoms with van der Waals surface area (Å²) in [6.45, 7) is 4.06. The number of nitrogens with one attached hydrogen (secondary N) is 1. The van der Waals surface area contributed by atoms with Crippen LogP contribution in [0.5, 0.6) is 0 Å². The van der Waals surface area contributed by atoms with Crippen LogP contribution in [0.3, 0.4) is 0 Å². The van der Waals surface area contributed by atoms with Crippen LogP contribution in [0.4, 0.5) is 4.39 Å². The quantitative estimate of drug-likeness (QED) is 0.883. The van der Waals surface area contributed by atoms with E-state index in [9.17, 15) is 9.18 Å². The summed E-state index contributed by atoms with van der Waals surface area (Å²) >= 11 is 0. The summed E-state index contributed by atoms with van der Waals surface area (Å²) in [5.74, 6) is -0.123. The Morgan fingerprint density at radius 3 is 3.06 bits per heavy atom. The first-order valence-corrected chi connectivity index (χ1v) is 6.24. The predicted molar refractivity (Wildman–Crippen MR) is 67.1 cm³/mol. The normalized spacial score (nSPS) is 19.8. The van der Waals surface area contributed by atoms with Crippen molar-refractivity contribution in [1.29, 1.82) is 0 Å². The number of carbonyl (C=O) groups excluding carboxylic acids is 1. The van der Waals surface area contributed by atoms with E-state index >= 15 is 0 Å². The smallest absolute Gasteiger partial charge is 0.139 e. The SMILES string of the molecule is Cc1cc(F)ccc1CC(=O)CC1CNCCO1. The van der Waals surface area contributed by atoms with Gasteiger partial charge in [-0.1, -0.05) is 6.07 Å². The second-order valence-electron chi connectivity index (χ2n) is 4.69. The topological polar surface area (TPSA) is 38.3 Å². The van der Waals surface area contributed by atoms with Gasteiger partial charge >= 0.3 is 0 Å².